The molecule has 4 aromatic rings. The van der Waals surface area contributed by atoms with E-state index in [0.29, 0.717) is 0 Å². The summed E-state index contributed by atoms with van der Waals surface area (Å²) in [6.45, 7) is 2.25. The van der Waals surface area contributed by atoms with E-state index in [1.807, 2.05) is 12.1 Å². The molecule has 0 spiro atoms. The van der Waals surface area contributed by atoms with Gasteiger partial charge in [0.2, 0.25) is 0 Å². The summed E-state index contributed by atoms with van der Waals surface area (Å²) in [7, 11) is 8.24. The van der Waals surface area contributed by atoms with Crippen molar-refractivity contribution in [1.29, 1.82) is 0 Å². The molecule has 36 heavy (non-hydrogen) atoms. The highest BCUT2D eigenvalue weighted by atomic mass is 15.5. The third-order valence-electron chi connectivity index (χ3n) is 6.85. The summed E-state index contributed by atoms with van der Waals surface area (Å²) in [6, 6.07) is 29.8. The minimum absolute atomic E-state index is 0.0608. The van der Waals surface area contributed by atoms with Crippen LogP contribution in [0.4, 0.5) is 17.2 Å². The third kappa shape index (κ3) is 4.69. The largest absolute Gasteiger partial charge is 0.378 e. The zero-order valence-corrected chi connectivity index (χ0v) is 21.6. The molecule has 182 valence electrons. The number of hydrazone groups is 1. The SMILES string of the molecule is CC1C(C=Cc2ccc(N(C)C)cc2)=NN(c2ccc3ccccc3n2)C1c1ccc(N(C)C)cc1. The van der Waals surface area contributed by atoms with Gasteiger partial charge in [0.05, 0.1) is 17.3 Å². The van der Waals surface area contributed by atoms with Gasteiger partial charge in [0, 0.05) is 50.9 Å². The van der Waals surface area contributed by atoms with E-state index in [9.17, 15) is 0 Å². The van der Waals surface area contributed by atoms with Crippen molar-refractivity contribution in [2.75, 3.05) is 43.0 Å². The van der Waals surface area contributed by atoms with Crippen molar-refractivity contribution < 1.29 is 0 Å². The van der Waals surface area contributed by atoms with Crippen molar-refractivity contribution >= 4 is 39.9 Å². The van der Waals surface area contributed by atoms with Crippen molar-refractivity contribution in [2.24, 2.45) is 11.0 Å². The highest BCUT2D eigenvalue weighted by Crippen LogP contribution is 2.39. The van der Waals surface area contributed by atoms with Gasteiger partial charge < -0.3 is 9.80 Å². The minimum Gasteiger partial charge on any atom is -0.378 e. The van der Waals surface area contributed by atoms with E-state index in [2.05, 4.69) is 135 Å². The number of allylic oxidation sites excluding steroid dienone is 1. The molecule has 0 N–H and O–H groups in total. The van der Waals surface area contributed by atoms with Crippen LogP contribution in [0.15, 0.2) is 96.1 Å². The first kappa shape index (κ1) is 23.6. The average Bonchev–Trinajstić information content (AvgIpc) is 3.23. The molecule has 0 saturated heterocycles. The van der Waals surface area contributed by atoms with Crippen molar-refractivity contribution in [3.05, 3.63) is 102 Å². The van der Waals surface area contributed by atoms with Crippen LogP contribution >= 0.6 is 0 Å². The Morgan fingerprint density at radius 3 is 2.03 bits per heavy atom. The van der Waals surface area contributed by atoms with Gasteiger partial charge in [-0.2, -0.15) is 5.10 Å². The predicted octanol–water partition coefficient (Wildman–Crippen LogP) is 6.63. The number of nitrogens with zero attached hydrogens (tertiary/aromatic N) is 5. The fraction of sp³-hybridized carbons (Fsp3) is 0.226. The van der Waals surface area contributed by atoms with E-state index in [1.54, 1.807) is 0 Å². The van der Waals surface area contributed by atoms with Crippen molar-refractivity contribution in [3.8, 4) is 0 Å². The Hall–Kier alpha value is -4.12. The Balaban J connectivity index is 1.51. The second kappa shape index (κ2) is 9.86. The van der Waals surface area contributed by atoms with Crippen LogP contribution in [0, 0.1) is 5.92 Å². The number of rotatable bonds is 6. The van der Waals surface area contributed by atoms with Crippen LogP contribution in [0.2, 0.25) is 0 Å². The van der Waals surface area contributed by atoms with Gasteiger partial charge in [-0.1, -0.05) is 55.5 Å². The summed E-state index contributed by atoms with van der Waals surface area (Å²) in [5, 5.41) is 8.33. The lowest BCUT2D eigenvalue weighted by atomic mass is 9.91. The van der Waals surface area contributed by atoms with Gasteiger partial charge in [0.25, 0.3) is 0 Å². The topological polar surface area (TPSA) is 35.0 Å². The summed E-state index contributed by atoms with van der Waals surface area (Å²) in [5.41, 5.74) is 6.78. The van der Waals surface area contributed by atoms with E-state index in [0.717, 1.165) is 28.0 Å². The third-order valence-corrected chi connectivity index (χ3v) is 6.85. The van der Waals surface area contributed by atoms with Crippen molar-refractivity contribution in [3.63, 3.8) is 0 Å². The van der Waals surface area contributed by atoms with Gasteiger partial charge in [-0.05, 0) is 59.7 Å². The summed E-state index contributed by atoms with van der Waals surface area (Å²) in [6.07, 6.45) is 4.30. The molecule has 0 bridgehead atoms. The smallest absolute Gasteiger partial charge is 0.150 e. The Bertz CT molecular complexity index is 1400. The molecule has 2 heterocycles. The number of pyridine rings is 1. The first-order chi connectivity index (χ1) is 17.4. The molecule has 1 aromatic heterocycles. The second-order valence-electron chi connectivity index (χ2n) is 9.77. The maximum Gasteiger partial charge on any atom is 0.150 e. The van der Waals surface area contributed by atoms with E-state index < -0.39 is 0 Å². The van der Waals surface area contributed by atoms with Crippen molar-refractivity contribution in [2.45, 2.75) is 13.0 Å². The van der Waals surface area contributed by atoms with Gasteiger partial charge >= 0.3 is 0 Å². The molecule has 1 aliphatic heterocycles. The lowest BCUT2D eigenvalue weighted by Gasteiger charge is -2.26. The van der Waals surface area contributed by atoms with Crippen LogP contribution in [0.5, 0.6) is 0 Å². The Kier molecular flexibility index (Phi) is 6.47. The van der Waals surface area contributed by atoms with Crippen LogP contribution in [-0.4, -0.2) is 38.9 Å². The Morgan fingerprint density at radius 2 is 1.36 bits per heavy atom. The monoisotopic (exact) mass is 475 g/mol. The molecule has 3 aromatic carbocycles. The summed E-state index contributed by atoms with van der Waals surface area (Å²) in [4.78, 5) is 9.20. The van der Waals surface area contributed by atoms with E-state index in [-0.39, 0.29) is 12.0 Å². The predicted molar refractivity (Wildman–Crippen MR) is 154 cm³/mol. The Labute approximate surface area is 214 Å². The zero-order chi connectivity index (χ0) is 25.2. The number of hydrogen-bond acceptors (Lipinski definition) is 5. The number of benzene rings is 3. The van der Waals surface area contributed by atoms with Gasteiger partial charge in [-0.3, -0.25) is 0 Å². The van der Waals surface area contributed by atoms with Crippen LogP contribution in [0.1, 0.15) is 24.1 Å². The normalized spacial score (nSPS) is 17.6. The number of aromatic nitrogens is 1. The highest BCUT2D eigenvalue weighted by Gasteiger charge is 2.36. The fourth-order valence-corrected chi connectivity index (χ4v) is 4.68. The van der Waals surface area contributed by atoms with Gasteiger partial charge in [-0.15, -0.1) is 0 Å². The van der Waals surface area contributed by atoms with E-state index in [4.69, 9.17) is 10.1 Å². The molecule has 0 saturated carbocycles. The van der Waals surface area contributed by atoms with Gasteiger partial charge in [0.15, 0.2) is 0 Å². The number of anilines is 3. The molecule has 5 rings (SSSR count). The molecule has 1 aliphatic rings. The number of fused-ring (bicyclic) bond motifs is 1. The lowest BCUT2D eigenvalue weighted by molar-refractivity contribution is 0.585. The van der Waals surface area contributed by atoms with Crippen LogP contribution in [-0.2, 0) is 0 Å². The number of para-hydroxylation sites is 1. The average molecular weight is 476 g/mol. The molecular formula is C31H33N5. The molecule has 2 unspecified atom stereocenters. The summed E-state index contributed by atoms with van der Waals surface area (Å²) in [5.74, 6) is 1.06. The molecular weight excluding hydrogens is 442 g/mol. The second-order valence-corrected chi connectivity index (χ2v) is 9.77. The molecule has 0 fully saturated rings. The van der Waals surface area contributed by atoms with Gasteiger partial charge in [-0.25, -0.2) is 9.99 Å². The van der Waals surface area contributed by atoms with E-state index >= 15 is 0 Å². The molecule has 0 amide bonds. The summed E-state index contributed by atoms with van der Waals surface area (Å²) >= 11 is 0. The molecule has 0 aliphatic carbocycles. The zero-order valence-electron chi connectivity index (χ0n) is 21.6. The van der Waals surface area contributed by atoms with Gasteiger partial charge in [0.1, 0.15) is 5.82 Å². The first-order valence-electron chi connectivity index (χ1n) is 12.4. The van der Waals surface area contributed by atoms with Crippen molar-refractivity contribution in [1.82, 2.24) is 4.98 Å². The quantitative estimate of drug-likeness (QED) is 0.313. The summed E-state index contributed by atoms with van der Waals surface area (Å²) < 4.78 is 0. The first-order valence-corrected chi connectivity index (χ1v) is 12.4. The molecule has 5 nitrogen and oxygen atoms in total. The standard InChI is InChI=1S/C31H33N5/c1-22-28(20-12-23-10-16-26(17-11-23)34(2)3)33-36(30-21-15-24-8-6-7-9-29(24)32-30)31(22)25-13-18-27(19-14-25)35(4)5/h6-22,31H,1-5H3. The van der Waals surface area contributed by atoms with Crippen LogP contribution < -0.4 is 14.8 Å². The number of hydrogen-bond donors (Lipinski definition) is 0. The van der Waals surface area contributed by atoms with Crippen LogP contribution in [0.3, 0.4) is 0 Å². The maximum atomic E-state index is 5.10. The highest BCUT2D eigenvalue weighted by molar-refractivity contribution is 6.02. The molecule has 5 heteroatoms. The maximum absolute atomic E-state index is 5.10. The lowest BCUT2D eigenvalue weighted by Crippen LogP contribution is -2.24. The van der Waals surface area contributed by atoms with Crippen LogP contribution in [0.25, 0.3) is 17.0 Å². The minimum atomic E-state index is 0.0608. The molecule has 2 atom stereocenters. The van der Waals surface area contributed by atoms with E-state index in [1.165, 1.54) is 16.9 Å². The Morgan fingerprint density at radius 1 is 0.722 bits per heavy atom. The molecule has 0 radical (unpaired) electrons. The fourth-order valence-electron chi connectivity index (χ4n) is 4.68.